The van der Waals surface area contributed by atoms with Crippen molar-refractivity contribution in [2.75, 3.05) is 0 Å². The molecule has 3 aromatic rings. The first-order valence-corrected chi connectivity index (χ1v) is 8.09. The minimum Gasteiger partial charge on any atom is -0.186 e. The van der Waals surface area contributed by atoms with E-state index in [-0.39, 0.29) is 0 Å². The van der Waals surface area contributed by atoms with Gasteiger partial charge in [-0.1, -0.05) is 61.1 Å². The Bertz CT molecular complexity index is 713. The van der Waals surface area contributed by atoms with Crippen LogP contribution in [0.5, 0.6) is 0 Å². The monoisotopic (exact) mass is 282 g/mol. The van der Waals surface area contributed by atoms with Crippen LogP contribution in [0.1, 0.15) is 24.8 Å². The maximum absolute atomic E-state index is 2.47. The molecule has 0 saturated heterocycles. The van der Waals surface area contributed by atoms with Crippen molar-refractivity contribution in [2.45, 2.75) is 33.2 Å². The maximum Gasteiger partial charge on any atom is 0.235 e. The van der Waals surface area contributed by atoms with Gasteiger partial charge in [-0.25, -0.2) is 0 Å². The third kappa shape index (κ3) is 2.48. The van der Waals surface area contributed by atoms with E-state index in [0.717, 1.165) is 6.54 Å². The Morgan fingerprint density at radius 1 is 1.00 bits per heavy atom. The second kappa shape index (κ2) is 5.76. The molecular weight excluding hydrogens is 262 g/mol. The van der Waals surface area contributed by atoms with E-state index in [1.54, 1.807) is 0 Å². The largest absolute Gasteiger partial charge is 0.235 e. The Labute approximate surface area is 124 Å². The Morgan fingerprint density at radius 3 is 2.55 bits per heavy atom. The van der Waals surface area contributed by atoms with E-state index in [1.807, 2.05) is 11.3 Å². The predicted octanol–water partition coefficient (Wildman–Crippen LogP) is 4.96. The standard InChI is InChI=1S/C18H20NS/c1-3-4-12-19-14(2)20-18-11-10-16(13-17(18)19)15-8-6-5-7-9-15/h5-11,13H,3-4,12H2,1-2H3/q+1. The third-order valence-electron chi connectivity index (χ3n) is 3.73. The zero-order valence-corrected chi connectivity index (χ0v) is 12.9. The highest BCUT2D eigenvalue weighted by atomic mass is 32.1. The van der Waals surface area contributed by atoms with Crippen molar-refractivity contribution in [3.05, 3.63) is 53.5 Å². The molecule has 0 aliphatic rings. The van der Waals surface area contributed by atoms with Crippen molar-refractivity contribution in [1.82, 2.24) is 0 Å². The third-order valence-corrected chi connectivity index (χ3v) is 4.81. The van der Waals surface area contributed by atoms with Gasteiger partial charge in [-0.2, -0.15) is 4.57 Å². The topological polar surface area (TPSA) is 3.88 Å². The summed E-state index contributed by atoms with van der Waals surface area (Å²) in [5.74, 6) is 0. The molecule has 0 aliphatic carbocycles. The number of benzene rings is 2. The summed E-state index contributed by atoms with van der Waals surface area (Å²) < 4.78 is 3.86. The quantitative estimate of drug-likeness (QED) is 0.595. The molecule has 0 unspecified atom stereocenters. The average Bonchev–Trinajstić information content (AvgIpc) is 2.80. The molecule has 1 heterocycles. The van der Waals surface area contributed by atoms with Gasteiger partial charge in [0.25, 0.3) is 0 Å². The molecule has 0 radical (unpaired) electrons. The normalized spacial score (nSPS) is 11.1. The molecule has 0 aliphatic heterocycles. The molecule has 2 aromatic carbocycles. The van der Waals surface area contributed by atoms with E-state index in [0.29, 0.717) is 0 Å². The summed E-state index contributed by atoms with van der Waals surface area (Å²) in [5.41, 5.74) is 3.98. The minimum atomic E-state index is 1.13. The van der Waals surface area contributed by atoms with Gasteiger partial charge >= 0.3 is 0 Å². The first-order valence-electron chi connectivity index (χ1n) is 7.28. The van der Waals surface area contributed by atoms with E-state index in [2.05, 4.69) is 66.9 Å². The molecule has 20 heavy (non-hydrogen) atoms. The maximum atomic E-state index is 2.47. The molecule has 102 valence electrons. The summed E-state index contributed by atoms with van der Waals surface area (Å²) in [6.07, 6.45) is 2.48. The summed E-state index contributed by atoms with van der Waals surface area (Å²) in [6.45, 7) is 5.60. The first kappa shape index (κ1) is 13.3. The lowest BCUT2D eigenvalue weighted by Crippen LogP contribution is -2.34. The van der Waals surface area contributed by atoms with Gasteiger partial charge < -0.3 is 0 Å². The fourth-order valence-corrected chi connectivity index (χ4v) is 3.63. The Morgan fingerprint density at radius 2 is 1.80 bits per heavy atom. The van der Waals surface area contributed by atoms with Gasteiger partial charge in [0.1, 0.15) is 11.2 Å². The summed E-state index contributed by atoms with van der Waals surface area (Å²) in [6, 6.07) is 17.5. The van der Waals surface area contributed by atoms with Gasteiger partial charge in [-0.05, 0) is 17.2 Å². The van der Waals surface area contributed by atoms with Crippen LogP contribution in [0.4, 0.5) is 0 Å². The van der Waals surface area contributed by atoms with Crippen molar-refractivity contribution in [1.29, 1.82) is 0 Å². The van der Waals surface area contributed by atoms with Gasteiger partial charge in [0, 0.05) is 19.4 Å². The summed E-state index contributed by atoms with van der Waals surface area (Å²) in [7, 11) is 0. The number of fused-ring (bicyclic) bond motifs is 1. The van der Waals surface area contributed by atoms with Crippen molar-refractivity contribution in [3.63, 3.8) is 0 Å². The number of hydrogen-bond acceptors (Lipinski definition) is 1. The van der Waals surface area contributed by atoms with Crippen LogP contribution in [0.2, 0.25) is 0 Å². The highest BCUT2D eigenvalue weighted by Crippen LogP contribution is 2.26. The summed E-state index contributed by atoms with van der Waals surface area (Å²) in [4.78, 5) is 0. The second-order valence-electron chi connectivity index (χ2n) is 5.17. The molecule has 3 rings (SSSR count). The number of rotatable bonds is 4. The van der Waals surface area contributed by atoms with Gasteiger partial charge in [0.15, 0.2) is 0 Å². The molecule has 0 fully saturated rings. The van der Waals surface area contributed by atoms with Gasteiger partial charge in [0.05, 0.1) is 0 Å². The molecule has 0 atom stereocenters. The lowest BCUT2D eigenvalue weighted by molar-refractivity contribution is -0.673. The molecule has 0 spiro atoms. The molecule has 0 bridgehead atoms. The Kier molecular flexibility index (Phi) is 3.83. The van der Waals surface area contributed by atoms with Crippen LogP contribution in [0.3, 0.4) is 0 Å². The van der Waals surface area contributed by atoms with E-state index >= 15 is 0 Å². The van der Waals surface area contributed by atoms with Gasteiger partial charge in [-0.15, -0.1) is 0 Å². The number of unbranched alkanes of at least 4 members (excludes halogenated alkanes) is 1. The van der Waals surface area contributed by atoms with Gasteiger partial charge in [0.2, 0.25) is 10.5 Å². The smallest absolute Gasteiger partial charge is 0.186 e. The molecule has 0 saturated carbocycles. The highest BCUT2D eigenvalue weighted by molar-refractivity contribution is 7.18. The number of thiazole rings is 1. The SMILES string of the molecule is CCCC[n+]1c(C)sc2ccc(-c3ccccc3)cc21. The van der Waals surface area contributed by atoms with E-state index < -0.39 is 0 Å². The summed E-state index contributed by atoms with van der Waals surface area (Å²) >= 11 is 1.90. The lowest BCUT2D eigenvalue weighted by atomic mass is 10.1. The average molecular weight is 282 g/mol. The van der Waals surface area contributed by atoms with Crippen LogP contribution in [0.25, 0.3) is 21.3 Å². The highest BCUT2D eigenvalue weighted by Gasteiger charge is 2.17. The van der Waals surface area contributed by atoms with Crippen molar-refractivity contribution in [3.8, 4) is 11.1 Å². The fourth-order valence-electron chi connectivity index (χ4n) is 2.60. The van der Waals surface area contributed by atoms with Crippen LogP contribution in [0.15, 0.2) is 48.5 Å². The molecular formula is C18H20NS+. The number of aromatic nitrogens is 1. The van der Waals surface area contributed by atoms with Crippen molar-refractivity contribution < 1.29 is 4.57 Å². The Balaban J connectivity index is 2.09. The van der Waals surface area contributed by atoms with Crippen LogP contribution in [-0.2, 0) is 6.54 Å². The molecule has 1 nitrogen and oxygen atoms in total. The summed E-state index contributed by atoms with van der Waals surface area (Å²) in [5, 5.41) is 1.40. The number of hydrogen-bond donors (Lipinski definition) is 0. The first-order chi connectivity index (χ1) is 9.79. The fraction of sp³-hybridized carbons (Fsp3) is 0.278. The van der Waals surface area contributed by atoms with Gasteiger partial charge in [-0.3, -0.25) is 0 Å². The zero-order chi connectivity index (χ0) is 13.9. The van der Waals surface area contributed by atoms with E-state index in [9.17, 15) is 0 Å². The van der Waals surface area contributed by atoms with Crippen LogP contribution < -0.4 is 4.57 Å². The molecule has 0 amide bonds. The van der Waals surface area contributed by atoms with Crippen molar-refractivity contribution >= 4 is 21.6 Å². The molecule has 0 N–H and O–H groups in total. The second-order valence-corrected chi connectivity index (χ2v) is 6.41. The minimum absolute atomic E-state index is 1.13. The van der Waals surface area contributed by atoms with Crippen LogP contribution in [0, 0.1) is 6.92 Å². The van der Waals surface area contributed by atoms with Crippen LogP contribution in [-0.4, -0.2) is 0 Å². The zero-order valence-electron chi connectivity index (χ0n) is 12.1. The number of nitrogens with zero attached hydrogens (tertiary/aromatic N) is 1. The molecule has 2 heteroatoms. The van der Waals surface area contributed by atoms with Crippen LogP contribution >= 0.6 is 11.3 Å². The van der Waals surface area contributed by atoms with E-state index in [1.165, 1.54) is 39.2 Å². The predicted molar refractivity (Wildman–Crippen MR) is 87.1 cm³/mol. The number of aryl methyl sites for hydroxylation is 2. The van der Waals surface area contributed by atoms with E-state index in [4.69, 9.17) is 0 Å². The Hall–Kier alpha value is -1.67. The lowest BCUT2D eigenvalue weighted by Gasteiger charge is -2.01. The van der Waals surface area contributed by atoms with Crippen molar-refractivity contribution in [2.24, 2.45) is 0 Å². The molecule has 1 aromatic heterocycles.